The summed E-state index contributed by atoms with van der Waals surface area (Å²) in [6, 6.07) is 51.8. The van der Waals surface area contributed by atoms with E-state index in [-0.39, 0.29) is 0 Å². The Kier molecular flexibility index (Phi) is 6.43. The Labute approximate surface area is 265 Å². The second-order valence-electron chi connectivity index (χ2n) is 12.5. The van der Waals surface area contributed by atoms with Crippen molar-refractivity contribution in [3.63, 3.8) is 0 Å². The van der Waals surface area contributed by atoms with Gasteiger partial charge >= 0.3 is 0 Å². The molecule has 8 aromatic rings. The molecule has 0 N–H and O–H groups in total. The predicted octanol–water partition coefficient (Wildman–Crippen LogP) is 12.7. The van der Waals surface area contributed by atoms with Crippen LogP contribution in [0.2, 0.25) is 0 Å². The fourth-order valence-electron chi connectivity index (χ4n) is 7.20. The number of nitrogens with zero attached hydrogens (tertiary/aromatic N) is 1. The standard InChI is InChI=1S/C44H35N/c1-28-22-29(2)24-35(23-28)45(34-21-20-30(3)31(4)25-34)43-27-33-26-42(37-19-11-13-32-12-5-6-14-36(32)37)38-15-7-9-17-40(38)44(33)41-18-10-8-16-39(41)43/h5-27H,1-4H3. The van der Waals surface area contributed by atoms with E-state index in [0.29, 0.717) is 0 Å². The lowest BCUT2D eigenvalue weighted by Crippen LogP contribution is -2.11. The maximum atomic E-state index is 2.46. The first-order valence-electron chi connectivity index (χ1n) is 15.8. The number of hydrogen-bond donors (Lipinski definition) is 0. The molecule has 0 aromatic heterocycles. The van der Waals surface area contributed by atoms with E-state index in [2.05, 4.69) is 172 Å². The first kappa shape index (κ1) is 27.2. The van der Waals surface area contributed by atoms with E-state index in [9.17, 15) is 0 Å². The SMILES string of the molecule is Cc1cc(C)cc(N(c2ccc(C)c(C)c2)c2cc3cc(-c4cccc5ccccc45)c4ccccc4c3c3ccccc23)c1. The zero-order chi connectivity index (χ0) is 30.7. The summed E-state index contributed by atoms with van der Waals surface area (Å²) in [5, 5.41) is 10.1. The van der Waals surface area contributed by atoms with Crippen molar-refractivity contribution >= 4 is 60.2 Å². The molecule has 0 amide bonds. The molecule has 0 spiro atoms. The summed E-state index contributed by atoms with van der Waals surface area (Å²) in [5.41, 5.74) is 11.2. The van der Waals surface area contributed by atoms with Gasteiger partial charge in [-0.1, -0.05) is 103 Å². The van der Waals surface area contributed by atoms with Crippen molar-refractivity contribution in [3.05, 3.63) is 162 Å². The van der Waals surface area contributed by atoms with Crippen molar-refractivity contribution in [2.24, 2.45) is 0 Å². The van der Waals surface area contributed by atoms with Gasteiger partial charge in [0.25, 0.3) is 0 Å². The van der Waals surface area contributed by atoms with E-state index in [1.165, 1.54) is 93.5 Å². The molecule has 0 unspecified atom stereocenters. The van der Waals surface area contributed by atoms with Crippen molar-refractivity contribution in [3.8, 4) is 11.1 Å². The lowest BCUT2D eigenvalue weighted by Gasteiger charge is -2.29. The normalized spacial score (nSPS) is 11.6. The molecule has 0 fully saturated rings. The third-order valence-electron chi connectivity index (χ3n) is 9.37. The summed E-state index contributed by atoms with van der Waals surface area (Å²) in [7, 11) is 0. The van der Waals surface area contributed by atoms with Crippen LogP contribution in [0.3, 0.4) is 0 Å². The van der Waals surface area contributed by atoms with E-state index in [1.54, 1.807) is 0 Å². The Hall–Kier alpha value is -5.40. The van der Waals surface area contributed by atoms with Gasteiger partial charge in [-0.25, -0.2) is 0 Å². The quantitative estimate of drug-likeness (QED) is 0.188. The lowest BCUT2D eigenvalue weighted by molar-refractivity contribution is 1.24. The molecule has 1 nitrogen and oxygen atoms in total. The highest BCUT2D eigenvalue weighted by Crippen LogP contribution is 2.46. The topological polar surface area (TPSA) is 3.24 Å². The number of aryl methyl sites for hydroxylation is 4. The van der Waals surface area contributed by atoms with Crippen LogP contribution in [0.1, 0.15) is 22.3 Å². The summed E-state index contributed by atoms with van der Waals surface area (Å²) in [4.78, 5) is 2.46. The summed E-state index contributed by atoms with van der Waals surface area (Å²) in [6.07, 6.45) is 0. The van der Waals surface area contributed by atoms with Crippen molar-refractivity contribution in [2.75, 3.05) is 4.90 Å². The molecule has 0 aliphatic heterocycles. The maximum absolute atomic E-state index is 2.46. The van der Waals surface area contributed by atoms with Crippen molar-refractivity contribution in [1.82, 2.24) is 0 Å². The molecular weight excluding hydrogens is 542 g/mol. The summed E-state index contributed by atoms with van der Waals surface area (Å²) >= 11 is 0. The van der Waals surface area contributed by atoms with Crippen LogP contribution < -0.4 is 4.90 Å². The Balaban J connectivity index is 1.51. The second kappa shape index (κ2) is 10.6. The molecule has 0 aliphatic rings. The van der Waals surface area contributed by atoms with E-state index >= 15 is 0 Å². The number of fused-ring (bicyclic) bond motifs is 6. The van der Waals surface area contributed by atoms with E-state index in [0.717, 1.165) is 0 Å². The van der Waals surface area contributed by atoms with Gasteiger partial charge in [0.15, 0.2) is 0 Å². The van der Waals surface area contributed by atoms with Gasteiger partial charge in [-0.2, -0.15) is 0 Å². The van der Waals surface area contributed by atoms with Gasteiger partial charge < -0.3 is 4.90 Å². The third kappa shape index (κ3) is 4.55. The molecule has 0 aliphatic carbocycles. The average molecular weight is 578 g/mol. The number of hydrogen-bond acceptors (Lipinski definition) is 1. The van der Waals surface area contributed by atoms with Crippen molar-refractivity contribution in [1.29, 1.82) is 0 Å². The van der Waals surface area contributed by atoms with Gasteiger partial charge in [0, 0.05) is 16.8 Å². The number of rotatable bonds is 4. The molecule has 1 heteroatoms. The Bertz CT molecular complexity index is 2410. The molecule has 8 aromatic carbocycles. The molecule has 8 rings (SSSR count). The van der Waals surface area contributed by atoms with Crippen molar-refractivity contribution < 1.29 is 0 Å². The van der Waals surface area contributed by atoms with Gasteiger partial charge in [0.05, 0.1) is 5.69 Å². The Morgan fingerprint density at radius 1 is 0.378 bits per heavy atom. The van der Waals surface area contributed by atoms with Gasteiger partial charge in [-0.3, -0.25) is 0 Å². The second-order valence-corrected chi connectivity index (χ2v) is 12.5. The monoisotopic (exact) mass is 577 g/mol. The number of benzene rings is 8. The van der Waals surface area contributed by atoms with Gasteiger partial charge in [0.1, 0.15) is 0 Å². The van der Waals surface area contributed by atoms with Crippen LogP contribution >= 0.6 is 0 Å². The van der Waals surface area contributed by atoms with E-state index in [1.807, 2.05) is 0 Å². The van der Waals surface area contributed by atoms with Crippen LogP contribution in [0.25, 0.3) is 54.2 Å². The molecule has 0 atom stereocenters. The summed E-state index contributed by atoms with van der Waals surface area (Å²) in [5.74, 6) is 0. The zero-order valence-electron chi connectivity index (χ0n) is 26.2. The zero-order valence-corrected chi connectivity index (χ0v) is 26.2. The first-order chi connectivity index (χ1) is 22.0. The van der Waals surface area contributed by atoms with Crippen LogP contribution in [-0.2, 0) is 0 Å². The summed E-state index contributed by atoms with van der Waals surface area (Å²) in [6.45, 7) is 8.78. The molecular formula is C44H35N. The fourth-order valence-corrected chi connectivity index (χ4v) is 7.20. The highest BCUT2D eigenvalue weighted by atomic mass is 15.1. The molecule has 0 bridgehead atoms. The fraction of sp³-hybridized carbons (Fsp3) is 0.0909. The third-order valence-corrected chi connectivity index (χ3v) is 9.37. The predicted molar refractivity (Wildman–Crippen MR) is 196 cm³/mol. The maximum Gasteiger partial charge on any atom is 0.0546 e. The molecule has 0 heterocycles. The van der Waals surface area contributed by atoms with Gasteiger partial charge in [-0.05, 0) is 135 Å². The van der Waals surface area contributed by atoms with Crippen LogP contribution in [0.5, 0.6) is 0 Å². The largest absolute Gasteiger partial charge is 0.310 e. The van der Waals surface area contributed by atoms with Gasteiger partial charge in [0.2, 0.25) is 0 Å². The Morgan fingerprint density at radius 2 is 1.00 bits per heavy atom. The van der Waals surface area contributed by atoms with E-state index in [4.69, 9.17) is 0 Å². The van der Waals surface area contributed by atoms with Crippen LogP contribution in [0, 0.1) is 27.7 Å². The molecule has 0 saturated carbocycles. The molecule has 0 saturated heterocycles. The molecule has 0 radical (unpaired) electrons. The van der Waals surface area contributed by atoms with Crippen LogP contribution in [0.4, 0.5) is 17.1 Å². The average Bonchev–Trinajstić information content (AvgIpc) is 3.05. The van der Waals surface area contributed by atoms with Gasteiger partial charge in [-0.15, -0.1) is 0 Å². The summed E-state index contributed by atoms with van der Waals surface area (Å²) < 4.78 is 0. The number of anilines is 3. The van der Waals surface area contributed by atoms with Crippen LogP contribution in [-0.4, -0.2) is 0 Å². The molecule has 216 valence electrons. The van der Waals surface area contributed by atoms with E-state index < -0.39 is 0 Å². The minimum atomic E-state index is 1.17. The minimum absolute atomic E-state index is 1.17. The highest BCUT2D eigenvalue weighted by Gasteiger charge is 2.20. The highest BCUT2D eigenvalue weighted by molar-refractivity contribution is 6.26. The Morgan fingerprint density at radius 3 is 1.73 bits per heavy atom. The first-order valence-corrected chi connectivity index (χ1v) is 15.8. The minimum Gasteiger partial charge on any atom is -0.310 e. The van der Waals surface area contributed by atoms with Crippen LogP contribution in [0.15, 0.2) is 140 Å². The smallest absolute Gasteiger partial charge is 0.0546 e. The lowest BCUT2D eigenvalue weighted by atomic mass is 9.88. The molecule has 45 heavy (non-hydrogen) atoms. The van der Waals surface area contributed by atoms with Crippen molar-refractivity contribution in [2.45, 2.75) is 27.7 Å².